The number of hydrogen-bond acceptors (Lipinski definition) is 4. The Morgan fingerprint density at radius 3 is 2.58 bits per heavy atom. The first kappa shape index (κ1) is 18.7. The fourth-order valence-corrected chi connectivity index (χ4v) is 3.76. The maximum atomic E-state index is 5.51. The van der Waals surface area contributed by atoms with Crippen LogP contribution in [0.3, 0.4) is 0 Å². The molecule has 1 aliphatic rings. The smallest absolute Gasteiger partial charge is 0.127 e. The molecule has 4 nitrogen and oxygen atoms in total. The van der Waals surface area contributed by atoms with Crippen LogP contribution in [0.4, 0.5) is 0 Å². The molecule has 3 rings (SSSR count). The van der Waals surface area contributed by atoms with E-state index in [9.17, 15) is 0 Å². The Morgan fingerprint density at radius 1 is 1.08 bits per heavy atom. The molecular weight excluding hydrogens is 324 g/mol. The van der Waals surface area contributed by atoms with Crippen molar-refractivity contribution in [2.24, 2.45) is 5.92 Å². The molecule has 2 aromatic carbocycles. The van der Waals surface area contributed by atoms with E-state index >= 15 is 0 Å². The fraction of sp³-hybridized carbons (Fsp3) is 0.455. The zero-order valence-electron chi connectivity index (χ0n) is 16.1. The summed E-state index contributed by atoms with van der Waals surface area (Å²) in [5.41, 5.74) is 2.57. The lowest BCUT2D eigenvalue weighted by Gasteiger charge is -2.37. The molecule has 1 saturated heterocycles. The molecule has 1 heterocycles. The van der Waals surface area contributed by atoms with Crippen molar-refractivity contribution in [3.05, 3.63) is 59.7 Å². The van der Waals surface area contributed by atoms with E-state index in [4.69, 9.17) is 9.47 Å². The van der Waals surface area contributed by atoms with E-state index in [1.54, 1.807) is 14.2 Å². The van der Waals surface area contributed by atoms with Gasteiger partial charge in [-0.25, -0.2) is 0 Å². The van der Waals surface area contributed by atoms with Crippen LogP contribution in [0.1, 0.15) is 24.5 Å². The van der Waals surface area contributed by atoms with Crippen molar-refractivity contribution in [3.8, 4) is 11.5 Å². The molecule has 0 aromatic heterocycles. The lowest BCUT2D eigenvalue weighted by Crippen LogP contribution is -2.47. The van der Waals surface area contributed by atoms with Crippen molar-refractivity contribution in [1.29, 1.82) is 0 Å². The van der Waals surface area contributed by atoms with Crippen LogP contribution in [-0.4, -0.2) is 38.3 Å². The summed E-state index contributed by atoms with van der Waals surface area (Å²) in [6, 6.07) is 17.3. The molecule has 140 valence electrons. The summed E-state index contributed by atoms with van der Waals surface area (Å²) in [5, 5.41) is 3.74. The minimum atomic E-state index is 0.536. The molecule has 0 unspecified atom stereocenters. The van der Waals surface area contributed by atoms with Gasteiger partial charge in [0.1, 0.15) is 11.5 Å². The van der Waals surface area contributed by atoms with Gasteiger partial charge in [-0.3, -0.25) is 4.90 Å². The summed E-state index contributed by atoms with van der Waals surface area (Å²) in [5.74, 6) is 2.33. The van der Waals surface area contributed by atoms with Gasteiger partial charge in [-0.15, -0.1) is 0 Å². The van der Waals surface area contributed by atoms with E-state index in [-0.39, 0.29) is 0 Å². The zero-order valence-corrected chi connectivity index (χ0v) is 16.1. The van der Waals surface area contributed by atoms with Crippen LogP contribution in [0.25, 0.3) is 0 Å². The Hall–Kier alpha value is -2.04. The number of methoxy groups -OCH3 is 2. The van der Waals surface area contributed by atoms with E-state index in [2.05, 4.69) is 53.5 Å². The first-order chi connectivity index (χ1) is 12.7. The number of nitrogens with one attached hydrogen (secondary N) is 1. The van der Waals surface area contributed by atoms with Gasteiger partial charge in [0.2, 0.25) is 0 Å². The van der Waals surface area contributed by atoms with E-state index < -0.39 is 0 Å². The molecule has 0 spiro atoms. The van der Waals surface area contributed by atoms with Crippen molar-refractivity contribution in [2.75, 3.05) is 27.3 Å². The third-order valence-electron chi connectivity index (χ3n) is 5.29. The predicted octanol–water partition coefficient (Wildman–Crippen LogP) is 3.70. The summed E-state index contributed by atoms with van der Waals surface area (Å²) >= 11 is 0. The quantitative estimate of drug-likeness (QED) is 0.822. The number of rotatable bonds is 7. The average Bonchev–Trinajstić information content (AvgIpc) is 2.68. The van der Waals surface area contributed by atoms with Gasteiger partial charge < -0.3 is 14.8 Å². The molecule has 0 saturated carbocycles. The van der Waals surface area contributed by atoms with Crippen molar-refractivity contribution < 1.29 is 9.47 Å². The molecule has 2 atom stereocenters. The van der Waals surface area contributed by atoms with Crippen LogP contribution in [0.15, 0.2) is 48.5 Å². The first-order valence-corrected chi connectivity index (χ1v) is 9.40. The van der Waals surface area contributed by atoms with Gasteiger partial charge in [0.25, 0.3) is 0 Å². The van der Waals surface area contributed by atoms with Gasteiger partial charge in [-0.2, -0.15) is 0 Å². The average molecular weight is 354 g/mol. The van der Waals surface area contributed by atoms with Crippen LogP contribution in [0.5, 0.6) is 11.5 Å². The highest BCUT2D eigenvalue weighted by Crippen LogP contribution is 2.25. The van der Waals surface area contributed by atoms with Crippen LogP contribution < -0.4 is 14.8 Å². The zero-order chi connectivity index (χ0) is 18.4. The molecule has 2 aromatic rings. The van der Waals surface area contributed by atoms with Crippen LogP contribution in [0.2, 0.25) is 0 Å². The van der Waals surface area contributed by atoms with E-state index in [0.717, 1.165) is 37.7 Å². The molecule has 0 aliphatic carbocycles. The number of benzene rings is 2. The summed E-state index contributed by atoms with van der Waals surface area (Å²) < 4.78 is 10.8. The highest BCUT2D eigenvalue weighted by atomic mass is 16.5. The molecule has 0 bridgehead atoms. The van der Waals surface area contributed by atoms with Gasteiger partial charge in [0.05, 0.1) is 14.2 Å². The molecule has 1 aliphatic heterocycles. The summed E-state index contributed by atoms with van der Waals surface area (Å²) in [7, 11) is 3.39. The second-order valence-electron chi connectivity index (χ2n) is 7.15. The van der Waals surface area contributed by atoms with E-state index in [0.29, 0.717) is 12.0 Å². The predicted molar refractivity (Wildman–Crippen MR) is 106 cm³/mol. The molecule has 0 amide bonds. The second-order valence-corrected chi connectivity index (χ2v) is 7.15. The molecular formula is C22H30N2O2. The Kier molecular flexibility index (Phi) is 6.53. The normalized spacial score (nSPS) is 20.7. The van der Waals surface area contributed by atoms with Gasteiger partial charge >= 0.3 is 0 Å². The van der Waals surface area contributed by atoms with Crippen LogP contribution in [-0.2, 0) is 13.1 Å². The minimum absolute atomic E-state index is 0.536. The summed E-state index contributed by atoms with van der Waals surface area (Å²) in [6.07, 6.45) is 1.17. The van der Waals surface area contributed by atoms with Gasteiger partial charge in [-0.05, 0) is 30.5 Å². The Bertz CT molecular complexity index is 690. The second kappa shape index (κ2) is 9.06. The van der Waals surface area contributed by atoms with Gasteiger partial charge in [0.15, 0.2) is 0 Å². The summed E-state index contributed by atoms with van der Waals surface area (Å²) in [6.45, 7) is 6.48. The Balaban J connectivity index is 1.52. The lowest BCUT2D eigenvalue weighted by molar-refractivity contribution is 0.140. The highest BCUT2D eigenvalue weighted by molar-refractivity contribution is 5.40. The van der Waals surface area contributed by atoms with Crippen molar-refractivity contribution in [3.63, 3.8) is 0 Å². The van der Waals surface area contributed by atoms with Gasteiger partial charge in [-0.1, -0.05) is 43.3 Å². The standard InChI is InChI=1S/C22H30N2O2/c1-17-15-24(16-18-7-5-4-6-8-18)12-11-21(17)23-14-19-9-10-20(25-2)13-22(19)26-3/h4-10,13,17,21,23H,11-12,14-16H2,1-3H3/t17-,21+/m1/s1. The highest BCUT2D eigenvalue weighted by Gasteiger charge is 2.25. The maximum Gasteiger partial charge on any atom is 0.127 e. The minimum Gasteiger partial charge on any atom is -0.497 e. The fourth-order valence-electron chi connectivity index (χ4n) is 3.76. The number of ether oxygens (including phenoxy) is 2. The third kappa shape index (κ3) is 4.77. The van der Waals surface area contributed by atoms with E-state index in [1.807, 2.05) is 12.1 Å². The molecule has 0 radical (unpaired) electrons. The molecule has 1 fully saturated rings. The van der Waals surface area contributed by atoms with Crippen LogP contribution >= 0.6 is 0 Å². The largest absolute Gasteiger partial charge is 0.497 e. The van der Waals surface area contributed by atoms with Crippen LogP contribution in [0, 0.1) is 5.92 Å². The first-order valence-electron chi connectivity index (χ1n) is 9.40. The van der Waals surface area contributed by atoms with E-state index in [1.165, 1.54) is 17.5 Å². The molecule has 1 N–H and O–H groups in total. The Labute approximate surface area is 157 Å². The molecule has 26 heavy (non-hydrogen) atoms. The number of likely N-dealkylation sites (tertiary alicyclic amines) is 1. The third-order valence-corrected chi connectivity index (χ3v) is 5.29. The monoisotopic (exact) mass is 354 g/mol. The molecule has 4 heteroatoms. The summed E-state index contributed by atoms with van der Waals surface area (Å²) in [4.78, 5) is 2.56. The topological polar surface area (TPSA) is 33.7 Å². The lowest BCUT2D eigenvalue weighted by atomic mass is 9.93. The number of piperidine rings is 1. The Morgan fingerprint density at radius 2 is 1.88 bits per heavy atom. The van der Waals surface area contributed by atoms with Gasteiger partial charge in [0, 0.05) is 37.3 Å². The number of nitrogens with zero attached hydrogens (tertiary/aromatic N) is 1. The van der Waals surface area contributed by atoms with Crippen molar-refractivity contribution in [1.82, 2.24) is 10.2 Å². The maximum absolute atomic E-state index is 5.51. The van der Waals surface area contributed by atoms with Crippen molar-refractivity contribution >= 4 is 0 Å². The van der Waals surface area contributed by atoms with Crippen molar-refractivity contribution in [2.45, 2.75) is 32.5 Å². The SMILES string of the molecule is COc1ccc(CN[C@H]2CCN(Cc3ccccc3)C[C@H]2C)c(OC)c1. The number of hydrogen-bond donors (Lipinski definition) is 1.